The first-order valence-corrected chi connectivity index (χ1v) is 5.27. The molecule has 0 saturated heterocycles. The third-order valence-electron chi connectivity index (χ3n) is 2.57. The number of hydrogen-bond donors (Lipinski definition) is 2. The van der Waals surface area contributed by atoms with Gasteiger partial charge in [0.15, 0.2) is 11.0 Å². The van der Waals surface area contributed by atoms with E-state index in [0.717, 1.165) is 5.69 Å². The molecule has 0 atom stereocenters. The van der Waals surface area contributed by atoms with E-state index in [0.29, 0.717) is 22.4 Å². The van der Waals surface area contributed by atoms with Gasteiger partial charge < -0.3 is 11.1 Å². The van der Waals surface area contributed by atoms with Crippen LogP contribution >= 0.6 is 0 Å². The van der Waals surface area contributed by atoms with Crippen molar-refractivity contribution in [3.8, 4) is 0 Å². The molecule has 3 N–H and O–H groups in total. The van der Waals surface area contributed by atoms with Crippen molar-refractivity contribution >= 4 is 28.1 Å². The lowest BCUT2D eigenvalue weighted by Crippen LogP contribution is -1.94. The van der Waals surface area contributed by atoms with E-state index >= 15 is 0 Å². The number of nitrogens with one attached hydrogen (secondary N) is 1. The molecule has 0 unspecified atom stereocenters. The van der Waals surface area contributed by atoms with Crippen molar-refractivity contribution in [3.05, 3.63) is 42.2 Å². The third kappa shape index (κ3) is 1.73. The van der Waals surface area contributed by atoms with Crippen LogP contribution in [0.25, 0.3) is 11.0 Å². The van der Waals surface area contributed by atoms with Crippen LogP contribution in [-0.4, -0.2) is 10.3 Å². The topological polar surface area (TPSA) is 77.0 Å². The molecule has 0 aliphatic rings. The number of halogens is 1. The lowest BCUT2D eigenvalue weighted by atomic mass is 10.2. The molecule has 1 aromatic heterocycles. The number of hydrogen-bond acceptors (Lipinski definition) is 5. The average molecular weight is 244 g/mol. The van der Waals surface area contributed by atoms with Gasteiger partial charge in [-0.1, -0.05) is 0 Å². The Hall–Kier alpha value is -2.63. The second-order valence-corrected chi connectivity index (χ2v) is 3.80. The predicted molar refractivity (Wildman–Crippen MR) is 65.9 cm³/mol. The summed E-state index contributed by atoms with van der Waals surface area (Å²) >= 11 is 0. The number of rotatable bonds is 2. The zero-order valence-corrected chi connectivity index (χ0v) is 9.22. The lowest BCUT2D eigenvalue weighted by Gasteiger charge is -2.06. The highest BCUT2D eigenvalue weighted by Gasteiger charge is 2.09. The Morgan fingerprint density at radius 3 is 2.50 bits per heavy atom. The zero-order valence-electron chi connectivity index (χ0n) is 9.22. The molecule has 0 radical (unpaired) electrons. The molecule has 0 aliphatic carbocycles. The van der Waals surface area contributed by atoms with E-state index in [4.69, 9.17) is 5.73 Å². The molecule has 0 bridgehead atoms. The van der Waals surface area contributed by atoms with E-state index in [2.05, 4.69) is 20.3 Å². The first-order chi connectivity index (χ1) is 8.74. The maximum absolute atomic E-state index is 12.8. The summed E-state index contributed by atoms with van der Waals surface area (Å²) in [6.07, 6.45) is 0. The van der Waals surface area contributed by atoms with Gasteiger partial charge in [0.25, 0.3) is 0 Å². The fourth-order valence-corrected chi connectivity index (χ4v) is 1.68. The van der Waals surface area contributed by atoms with E-state index in [-0.39, 0.29) is 5.82 Å². The van der Waals surface area contributed by atoms with E-state index < -0.39 is 0 Å². The Morgan fingerprint density at radius 1 is 1.00 bits per heavy atom. The van der Waals surface area contributed by atoms with E-state index in [1.165, 1.54) is 12.1 Å². The van der Waals surface area contributed by atoms with Crippen molar-refractivity contribution in [2.45, 2.75) is 0 Å². The minimum atomic E-state index is -0.286. The third-order valence-corrected chi connectivity index (χ3v) is 2.57. The standard InChI is InChI=1S/C12H9FN4O/c13-7-1-3-8(4-2-7)15-10-6-5-9(14)11-12(10)17-18-16-11/h1-6,15H,14H2. The van der Waals surface area contributed by atoms with Crippen molar-refractivity contribution in [1.82, 2.24) is 10.3 Å². The number of nitrogens with two attached hydrogens (primary N) is 1. The number of benzene rings is 2. The molecule has 6 heteroatoms. The summed E-state index contributed by atoms with van der Waals surface area (Å²) in [5, 5.41) is 10.6. The molecule has 0 fully saturated rings. The Balaban J connectivity index is 2.02. The van der Waals surface area contributed by atoms with Gasteiger partial charge in [-0.25, -0.2) is 9.02 Å². The zero-order chi connectivity index (χ0) is 12.5. The van der Waals surface area contributed by atoms with Gasteiger partial charge in [0.1, 0.15) is 5.82 Å². The van der Waals surface area contributed by atoms with Gasteiger partial charge in [-0.15, -0.1) is 0 Å². The highest BCUT2D eigenvalue weighted by molar-refractivity contribution is 5.96. The van der Waals surface area contributed by atoms with Gasteiger partial charge in [-0.05, 0) is 46.7 Å². The number of anilines is 3. The summed E-state index contributed by atoms with van der Waals surface area (Å²) in [7, 11) is 0. The van der Waals surface area contributed by atoms with Crippen LogP contribution in [0.2, 0.25) is 0 Å². The van der Waals surface area contributed by atoms with Gasteiger partial charge in [0.2, 0.25) is 0 Å². The first kappa shape index (κ1) is 10.5. The quantitative estimate of drug-likeness (QED) is 0.678. The summed E-state index contributed by atoms with van der Waals surface area (Å²) in [6.45, 7) is 0. The minimum absolute atomic E-state index is 0.286. The summed E-state index contributed by atoms with van der Waals surface area (Å²) < 4.78 is 17.5. The number of nitrogens with zero attached hydrogens (tertiary/aromatic N) is 2. The van der Waals surface area contributed by atoms with Crippen molar-refractivity contribution in [2.24, 2.45) is 0 Å². The molecule has 0 amide bonds. The Bertz CT molecular complexity index is 693. The summed E-state index contributed by atoms with van der Waals surface area (Å²) in [5.74, 6) is -0.286. The van der Waals surface area contributed by atoms with Crippen LogP contribution in [0, 0.1) is 5.82 Å². The predicted octanol–water partition coefficient (Wildman–Crippen LogP) is 2.69. The largest absolute Gasteiger partial charge is 0.397 e. The van der Waals surface area contributed by atoms with Crippen LogP contribution < -0.4 is 11.1 Å². The summed E-state index contributed by atoms with van der Waals surface area (Å²) in [5.41, 5.74) is 8.72. The molecule has 3 aromatic rings. The number of fused-ring (bicyclic) bond motifs is 1. The van der Waals surface area contributed by atoms with Gasteiger partial charge in [0.05, 0.1) is 11.4 Å². The van der Waals surface area contributed by atoms with Crippen LogP contribution in [0.3, 0.4) is 0 Å². The van der Waals surface area contributed by atoms with Crippen molar-refractivity contribution in [1.29, 1.82) is 0 Å². The van der Waals surface area contributed by atoms with E-state index in [9.17, 15) is 4.39 Å². The van der Waals surface area contributed by atoms with Crippen LogP contribution in [0.15, 0.2) is 41.0 Å². The minimum Gasteiger partial charge on any atom is -0.397 e. The van der Waals surface area contributed by atoms with Gasteiger partial charge in [-0.3, -0.25) is 0 Å². The molecular formula is C12H9FN4O. The lowest BCUT2D eigenvalue weighted by molar-refractivity contribution is 0.316. The number of aromatic nitrogens is 2. The molecule has 3 rings (SSSR count). The van der Waals surface area contributed by atoms with Gasteiger partial charge in [-0.2, -0.15) is 0 Å². The molecule has 90 valence electrons. The fraction of sp³-hybridized carbons (Fsp3) is 0. The van der Waals surface area contributed by atoms with Crippen molar-refractivity contribution in [2.75, 3.05) is 11.1 Å². The molecular weight excluding hydrogens is 235 g/mol. The summed E-state index contributed by atoms with van der Waals surface area (Å²) in [4.78, 5) is 0. The smallest absolute Gasteiger partial charge is 0.160 e. The van der Waals surface area contributed by atoms with Crippen LogP contribution in [0.4, 0.5) is 21.5 Å². The second kappa shape index (κ2) is 3.99. The first-order valence-electron chi connectivity index (χ1n) is 5.27. The molecule has 18 heavy (non-hydrogen) atoms. The van der Waals surface area contributed by atoms with Crippen molar-refractivity contribution in [3.63, 3.8) is 0 Å². The molecule has 0 spiro atoms. The monoisotopic (exact) mass is 244 g/mol. The van der Waals surface area contributed by atoms with E-state index in [1.54, 1.807) is 24.3 Å². The number of nitrogen functional groups attached to an aromatic ring is 1. The fourth-order valence-electron chi connectivity index (χ4n) is 1.68. The van der Waals surface area contributed by atoms with Gasteiger partial charge >= 0.3 is 0 Å². The van der Waals surface area contributed by atoms with E-state index in [1.807, 2.05) is 0 Å². The average Bonchev–Trinajstić information content (AvgIpc) is 2.86. The Kier molecular flexibility index (Phi) is 2.33. The van der Waals surface area contributed by atoms with Crippen LogP contribution in [0.1, 0.15) is 0 Å². The SMILES string of the molecule is Nc1ccc(Nc2ccc(F)cc2)c2nonc12. The molecule has 0 saturated carbocycles. The maximum Gasteiger partial charge on any atom is 0.160 e. The molecule has 5 nitrogen and oxygen atoms in total. The van der Waals surface area contributed by atoms with Crippen molar-refractivity contribution < 1.29 is 9.02 Å². The second-order valence-electron chi connectivity index (χ2n) is 3.80. The highest BCUT2D eigenvalue weighted by Crippen LogP contribution is 2.27. The molecule has 2 aromatic carbocycles. The molecule has 0 aliphatic heterocycles. The summed E-state index contributed by atoms with van der Waals surface area (Å²) in [6, 6.07) is 9.48. The van der Waals surface area contributed by atoms with Crippen LogP contribution in [0.5, 0.6) is 0 Å². The Labute approximate surface area is 101 Å². The Morgan fingerprint density at radius 2 is 1.72 bits per heavy atom. The van der Waals surface area contributed by atoms with Crippen LogP contribution in [-0.2, 0) is 0 Å². The highest BCUT2D eigenvalue weighted by atomic mass is 19.1. The van der Waals surface area contributed by atoms with Gasteiger partial charge in [0, 0.05) is 5.69 Å². The normalized spacial score (nSPS) is 10.7. The molecule has 1 heterocycles. The maximum atomic E-state index is 12.8.